The molecule has 0 radical (unpaired) electrons. The van der Waals surface area contributed by atoms with Crippen molar-refractivity contribution in [1.82, 2.24) is 20.1 Å². The number of alkyl halides is 4. The number of rotatable bonds is 6. The van der Waals surface area contributed by atoms with Gasteiger partial charge in [-0.05, 0) is 49.9 Å². The van der Waals surface area contributed by atoms with E-state index < -0.39 is 24.5 Å². The molecule has 4 rings (SSSR count). The Kier molecular flexibility index (Phi) is 7.18. The zero-order chi connectivity index (χ0) is 24.5. The van der Waals surface area contributed by atoms with Crippen molar-refractivity contribution in [2.45, 2.75) is 50.5 Å². The van der Waals surface area contributed by atoms with Gasteiger partial charge in [0.05, 0.1) is 17.6 Å². The van der Waals surface area contributed by atoms with Crippen LogP contribution in [-0.2, 0) is 12.7 Å². The number of halogens is 6. The number of nitrogens with zero attached hydrogens (tertiary/aromatic N) is 3. The van der Waals surface area contributed by atoms with E-state index in [0.717, 1.165) is 12.5 Å². The number of hydrogen-bond donors (Lipinski definition) is 2. The van der Waals surface area contributed by atoms with Crippen LogP contribution in [-0.4, -0.2) is 39.4 Å². The van der Waals surface area contributed by atoms with E-state index in [4.69, 9.17) is 23.2 Å². The molecule has 2 heterocycles. The molecule has 0 spiro atoms. The van der Waals surface area contributed by atoms with E-state index in [-0.39, 0.29) is 40.5 Å². The fourth-order valence-corrected chi connectivity index (χ4v) is 4.55. The predicted octanol–water partition coefficient (Wildman–Crippen LogP) is 5.88. The van der Waals surface area contributed by atoms with Gasteiger partial charge in [0.15, 0.2) is 5.15 Å². The lowest BCUT2D eigenvalue weighted by atomic mass is 9.90. The van der Waals surface area contributed by atoms with Gasteiger partial charge in [0.1, 0.15) is 12.4 Å². The molecule has 12 heteroatoms. The minimum Gasteiger partial charge on any atom is -0.382 e. The third kappa shape index (κ3) is 5.55. The first kappa shape index (κ1) is 24.5. The van der Waals surface area contributed by atoms with E-state index in [1.807, 2.05) is 0 Å². The molecule has 1 saturated carbocycles. The maximum Gasteiger partial charge on any atom is 0.433 e. The predicted molar refractivity (Wildman–Crippen MR) is 122 cm³/mol. The van der Waals surface area contributed by atoms with Crippen LogP contribution in [0.25, 0.3) is 10.9 Å². The summed E-state index contributed by atoms with van der Waals surface area (Å²) in [6.45, 7) is -0.647. The molecule has 1 amide bonds. The van der Waals surface area contributed by atoms with Gasteiger partial charge in [-0.15, -0.1) is 0 Å². The molecule has 2 aromatic heterocycles. The van der Waals surface area contributed by atoms with Crippen LogP contribution in [0.3, 0.4) is 0 Å². The zero-order valence-corrected chi connectivity index (χ0v) is 19.3. The first-order chi connectivity index (χ1) is 16.1. The Bertz CT molecular complexity index is 1200. The number of fused-ring (bicyclic) bond motifs is 1. The van der Waals surface area contributed by atoms with Crippen molar-refractivity contribution in [2.75, 3.05) is 12.0 Å². The van der Waals surface area contributed by atoms with Gasteiger partial charge in [0, 0.05) is 34.4 Å². The number of anilines is 1. The molecule has 6 nitrogen and oxygen atoms in total. The average molecular weight is 518 g/mol. The first-order valence-electron chi connectivity index (χ1n) is 10.7. The van der Waals surface area contributed by atoms with Gasteiger partial charge in [0.25, 0.3) is 5.91 Å². The molecule has 3 aromatic rings. The largest absolute Gasteiger partial charge is 0.433 e. The summed E-state index contributed by atoms with van der Waals surface area (Å²) in [7, 11) is 0. The number of nitrogens with one attached hydrogen (secondary N) is 2. The SMILES string of the molecule is O=C(N[C@@H]1CCC[C@H](Nc2cc(C(F)(F)F)nc3ccc(Cl)cc23)C1)c1cn(CCF)nc1Cl. The Morgan fingerprint density at radius 1 is 1.18 bits per heavy atom. The van der Waals surface area contributed by atoms with Crippen molar-refractivity contribution < 1.29 is 22.4 Å². The molecular weight excluding hydrogens is 497 g/mol. The molecule has 34 heavy (non-hydrogen) atoms. The molecule has 1 fully saturated rings. The Balaban J connectivity index is 1.51. The standard InChI is InChI=1S/C22H21Cl2F4N5O/c23-12-4-5-17-15(8-12)18(10-19(31-17)22(26,27)28)29-13-2-1-3-14(9-13)30-21(34)16-11-33(7-6-25)32-20(16)24/h4-5,8,10-11,13-14H,1-3,6-7,9H2,(H,29,31)(H,30,34)/t13-,14+/m0/s1. The number of carbonyl (C=O) groups is 1. The Hall–Kier alpha value is -2.59. The number of carbonyl (C=O) groups excluding carboxylic acids is 1. The van der Waals surface area contributed by atoms with Crippen molar-refractivity contribution in [2.24, 2.45) is 0 Å². The highest BCUT2D eigenvalue weighted by Gasteiger charge is 2.34. The molecule has 0 saturated heterocycles. The van der Waals surface area contributed by atoms with Gasteiger partial charge in [-0.1, -0.05) is 23.2 Å². The smallest absolute Gasteiger partial charge is 0.382 e. The highest BCUT2D eigenvalue weighted by atomic mass is 35.5. The second-order valence-corrected chi connectivity index (χ2v) is 8.97. The zero-order valence-electron chi connectivity index (χ0n) is 17.8. The molecule has 2 N–H and O–H groups in total. The van der Waals surface area contributed by atoms with Crippen molar-refractivity contribution in [1.29, 1.82) is 0 Å². The fourth-order valence-electron chi connectivity index (χ4n) is 4.15. The number of amides is 1. The summed E-state index contributed by atoms with van der Waals surface area (Å²) in [5, 5.41) is 10.9. The summed E-state index contributed by atoms with van der Waals surface area (Å²) < 4.78 is 54.0. The third-order valence-electron chi connectivity index (χ3n) is 5.71. The highest BCUT2D eigenvalue weighted by Crippen LogP contribution is 2.35. The van der Waals surface area contributed by atoms with Gasteiger partial charge in [-0.25, -0.2) is 9.37 Å². The monoisotopic (exact) mass is 517 g/mol. The number of aromatic nitrogens is 3. The minimum absolute atomic E-state index is 0.00770. The summed E-state index contributed by atoms with van der Waals surface area (Å²) in [6.07, 6.45) is -0.536. The molecule has 182 valence electrons. The van der Waals surface area contributed by atoms with Gasteiger partial charge in [0.2, 0.25) is 0 Å². The van der Waals surface area contributed by atoms with Gasteiger partial charge in [-0.2, -0.15) is 18.3 Å². The lowest BCUT2D eigenvalue weighted by Gasteiger charge is -2.31. The van der Waals surface area contributed by atoms with E-state index in [0.29, 0.717) is 29.7 Å². The van der Waals surface area contributed by atoms with Crippen LogP contribution in [0.4, 0.5) is 23.2 Å². The molecule has 0 bridgehead atoms. The second-order valence-electron chi connectivity index (χ2n) is 8.18. The Morgan fingerprint density at radius 2 is 1.94 bits per heavy atom. The highest BCUT2D eigenvalue weighted by molar-refractivity contribution is 6.32. The Labute approximate surface area is 202 Å². The molecule has 2 atom stereocenters. The number of benzene rings is 1. The van der Waals surface area contributed by atoms with Crippen LogP contribution in [0.1, 0.15) is 41.7 Å². The van der Waals surface area contributed by atoms with Crippen LogP contribution in [0, 0.1) is 0 Å². The summed E-state index contributed by atoms with van der Waals surface area (Å²) in [6, 6.07) is 5.10. The van der Waals surface area contributed by atoms with E-state index in [9.17, 15) is 22.4 Å². The van der Waals surface area contributed by atoms with Crippen LogP contribution in [0.5, 0.6) is 0 Å². The minimum atomic E-state index is -4.60. The van der Waals surface area contributed by atoms with Gasteiger partial charge >= 0.3 is 6.18 Å². The van der Waals surface area contributed by atoms with Crippen LogP contribution in [0.15, 0.2) is 30.5 Å². The topological polar surface area (TPSA) is 71.8 Å². The maximum absolute atomic E-state index is 13.4. The van der Waals surface area contributed by atoms with Crippen LogP contribution in [0.2, 0.25) is 10.2 Å². The fraction of sp³-hybridized carbons (Fsp3) is 0.409. The van der Waals surface area contributed by atoms with E-state index in [1.54, 1.807) is 6.07 Å². The van der Waals surface area contributed by atoms with Gasteiger partial charge < -0.3 is 10.6 Å². The normalized spacial score (nSPS) is 18.8. The molecule has 1 aliphatic rings. The van der Waals surface area contributed by atoms with Crippen molar-refractivity contribution in [3.05, 3.63) is 51.9 Å². The molecular formula is C22H21Cl2F4N5O. The summed E-state index contributed by atoms with van der Waals surface area (Å²) in [5.74, 6) is -0.429. The molecule has 1 aliphatic carbocycles. The average Bonchev–Trinajstić information content (AvgIpc) is 3.14. The van der Waals surface area contributed by atoms with Crippen molar-refractivity contribution >= 4 is 45.7 Å². The van der Waals surface area contributed by atoms with E-state index in [2.05, 4.69) is 20.7 Å². The lowest BCUT2D eigenvalue weighted by molar-refractivity contribution is -0.140. The molecule has 1 aromatic carbocycles. The molecule has 0 aliphatic heterocycles. The molecule has 0 unspecified atom stereocenters. The summed E-state index contributed by atoms with van der Waals surface area (Å²) >= 11 is 12.1. The number of hydrogen-bond acceptors (Lipinski definition) is 4. The van der Waals surface area contributed by atoms with Crippen LogP contribution < -0.4 is 10.6 Å². The Morgan fingerprint density at radius 3 is 2.68 bits per heavy atom. The second kappa shape index (κ2) is 9.95. The van der Waals surface area contributed by atoms with Crippen molar-refractivity contribution in [3.63, 3.8) is 0 Å². The van der Waals surface area contributed by atoms with Crippen LogP contribution >= 0.6 is 23.2 Å². The summed E-state index contributed by atoms with van der Waals surface area (Å²) in [5.41, 5.74) is -0.380. The van der Waals surface area contributed by atoms with Crippen molar-refractivity contribution in [3.8, 4) is 0 Å². The van der Waals surface area contributed by atoms with Gasteiger partial charge in [-0.3, -0.25) is 9.48 Å². The quantitative estimate of drug-likeness (QED) is 0.400. The number of aryl methyl sites for hydroxylation is 1. The first-order valence-corrected chi connectivity index (χ1v) is 11.4. The van der Waals surface area contributed by atoms with E-state index in [1.165, 1.54) is 23.0 Å². The maximum atomic E-state index is 13.4. The lowest BCUT2D eigenvalue weighted by Crippen LogP contribution is -2.41. The summed E-state index contributed by atoms with van der Waals surface area (Å²) in [4.78, 5) is 16.4. The van der Waals surface area contributed by atoms with E-state index >= 15 is 0 Å². The third-order valence-corrected chi connectivity index (χ3v) is 6.22. The number of pyridine rings is 1.